The van der Waals surface area contributed by atoms with Crippen LogP contribution in [0.3, 0.4) is 0 Å². The summed E-state index contributed by atoms with van der Waals surface area (Å²) in [5, 5.41) is 0. The lowest BCUT2D eigenvalue weighted by atomic mass is 10.1. The molecule has 2 N–H and O–H groups in total. The minimum Gasteiger partial charge on any atom is -0.457 e. The Labute approximate surface area is 185 Å². The van der Waals surface area contributed by atoms with E-state index in [9.17, 15) is 9.59 Å². The summed E-state index contributed by atoms with van der Waals surface area (Å²) in [7, 11) is 0. The van der Waals surface area contributed by atoms with Gasteiger partial charge in [-0.05, 0) is 48.9 Å². The summed E-state index contributed by atoms with van der Waals surface area (Å²) in [6.07, 6.45) is 3.37. The van der Waals surface area contributed by atoms with Gasteiger partial charge in [0, 0.05) is 25.2 Å². The van der Waals surface area contributed by atoms with Crippen molar-refractivity contribution in [3.63, 3.8) is 0 Å². The third-order valence-corrected chi connectivity index (χ3v) is 5.09. The maximum atomic E-state index is 11.9. The van der Waals surface area contributed by atoms with Crippen molar-refractivity contribution in [2.24, 2.45) is 5.73 Å². The van der Waals surface area contributed by atoms with Crippen LogP contribution in [0.25, 0.3) is 0 Å². The summed E-state index contributed by atoms with van der Waals surface area (Å²) >= 11 is 0. The molecule has 4 rings (SSSR count). The minimum atomic E-state index is -0.689. The van der Waals surface area contributed by atoms with E-state index in [1.165, 1.54) is 12.3 Å². The van der Waals surface area contributed by atoms with E-state index in [0.717, 1.165) is 5.75 Å². The number of para-hydroxylation sites is 1. The van der Waals surface area contributed by atoms with Crippen LogP contribution < -0.4 is 15.2 Å². The van der Waals surface area contributed by atoms with Gasteiger partial charge in [-0.2, -0.15) is 4.98 Å². The van der Waals surface area contributed by atoms with E-state index in [-0.39, 0.29) is 23.3 Å². The van der Waals surface area contributed by atoms with Gasteiger partial charge in [0.1, 0.15) is 28.6 Å². The summed E-state index contributed by atoms with van der Waals surface area (Å²) in [6, 6.07) is 16.3. The standard InChI is InChI=1S/C24H22N4O4/c1-2-21(29)28-13-12-16(15-28)23-26-14-20(22(25)30)24(27-23)32-19-10-8-18(9-11-19)31-17-6-4-3-5-7-17/h2-11,14,16H,1,12-13,15H2,(H2,25,30). The Morgan fingerprint density at radius 1 is 1.03 bits per heavy atom. The van der Waals surface area contributed by atoms with Crippen molar-refractivity contribution in [3.05, 3.63) is 84.8 Å². The number of rotatable bonds is 7. The number of primary amides is 1. The number of carbonyl (C=O) groups is 2. The number of carbonyl (C=O) groups excluding carboxylic acids is 2. The maximum absolute atomic E-state index is 11.9. The first-order valence-corrected chi connectivity index (χ1v) is 10.1. The van der Waals surface area contributed by atoms with Gasteiger partial charge < -0.3 is 20.1 Å². The monoisotopic (exact) mass is 430 g/mol. The topological polar surface area (TPSA) is 108 Å². The zero-order chi connectivity index (χ0) is 22.5. The Hall–Kier alpha value is -4.20. The Bertz CT molecular complexity index is 1130. The van der Waals surface area contributed by atoms with E-state index in [4.69, 9.17) is 15.2 Å². The van der Waals surface area contributed by atoms with Gasteiger partial charge in [-0.15, -0.1) is 0 Å². The third-order valence-electron chi connectivity index (χ3n) is 5.09. The van der Waals surface area contributed by atoms with Gasteiger partial charge in [0.15, 0.2) is 0 Å². The van der Waals surface area contributed by atoms with E-state index in [1.807, 2.05) is 30.3 Å². The highest BCUT2D eigenvalue weighted by molar-refractivity contribution is 5.94. The normalized spacial score (nSPS) is 15.2. The summed E-state index contributed by atoms with van der Waals surface area (Å²) in [5.41, 5.74) is 5.56. The van der Waals surface area contributed by atoms with Crippen LogP contribution >= 0.6 is 0 Å². The van der Waals surface area contributed by atoms with E-state index in [2.05, 4.69) is 16.5 Å². The molecule has 0 aliphatic carbocycles. The van der Waals surface area contributed by atoms with Crippen molar-refractivity contribution in [1.82, 2.24) is 14.9 Å². The molecule has 3 aromatic rings. The molecule has 0 spiro atoms. The first-order chi connectivity index (χ1) is 15.5. The molecule has 32 heavy (non-hydrogen) atoms. The number of likely N-dealkylation sites (tertiary alicyclic amines) is 1. The predicted octanol–water partition coefficient (Wildman–Crippen LogP) is 3.66. The van der Waals surface area contributed by atoms with Crippen LogP contribution in [0.4, 0.5) is 0 Å². The number of nitrogens with two attached hydrogens (primary N) is 1. The Balaban J connectivity index is 1.52. The van der Waals surface area contributed by atoms with Crippen LogP contribution in [0, 0.1) is 0 Å². The van der Waals surface area contributed by atoms with E-state index < -0.39 is 5.91 Å². The highest BCUT2D eigenvalue weighted by Gasteiger charge is 2.29. The second kappa shape index (κ2) is 9.30. The molecule has 0 radical (unpaired) electrons. The highest BCUT2D eigenvalue weighted by atomic mass is 16.5. The molecule has 2 heterocycles. The number of ether oxygens (including phenoxy) is 2. The second-order valence-electron chi connectivity index (χ2n) is 7.27. The molecule has 1 unspecified atom stereocenters. The number of nitrogens with zero attached hydrogens (tertiary/aromatic N) is 3. The van der Waals surface area contributed by atoms with E-state index in [0.29, 0.717) is 36.8 Å². The molecular weight excluding hydrogens is 408 g/mol. The first kappa shape index (κ1) is 21.0. The first-order valence-electron chi connectivity index (χ1n) is 10.1. The van der Waals surface area contributed by atoms with Crippen molar-refractivity contribution in [1.29, 1.82) is 0 Å². The fraction of sp³-hybridized carbons (Fsp3) is 0.167. The summed E-state index contributed by atoms with van der Waals surface area (Å²) in [6.45, 7) is 4.59. The lowest BCUT2D eigenvalue weighted by molar-refractivity contribution is -0.125. The Morgan fingerprint density at radius 2 is 1.69 bits per heavy atom. The molecule has 1 aromatic heterocycles. The molecule has 2 amide bonds. The van der Waals surface area contributed by atoms with Crippen molar-refractivity contribution in [2.45, 2.75) is 12.3 Å². The molecule has 1 aliphatic heterocycles. The molecule has 1 aliphatic rings. The van der Waals surface area contributed by atoms with Gasteiger partial charge in [-0.3, -0.25) is 9.59 Å². The van der Waals surface area contributed by atoms with Gasteiger partial charge in [0.05, 0.1) is 0 Å². The average Bonchev–Trinajstić information content (AvgIpc) is 3.31. The molecule has 162 valence electrons. The quantitative estimate of drug-likeness (QED) is 0.573. The zero-order valence-electron chi connectivity index (χ0n) is 17.3. The lowest BCUT2D eigenvalue weighted by Crippen LogP contribution is -2.26. The number of hydrogen-bond acceptors (Lipinski definition) is 6. The Morgan fingerprint density at radius 3 is 2.34 bits per heavy atom. The smallest absolute Gasteiger partial charge is 0.255 e. The molecule has 1 fully saturated rings. The van der Waals surface area contributed by atoms with Crippen LogP contribution in [-0.4, -0.2) is 39.8 Å². The van der Waals surface area contributed by atoms with Gasteiger partial charge in [-0.1, -0.05) is 24.8 Å². The average molecular weight is 430 g/mol. The summed E-state index contributed by atoms with van der Waals surface area (Å²) in [5.74, 6) is 1.51. The lowest BCUT2D eigenvalue weighted by Gasteiger charge is -2.15. The zero-order valence-corrected chi connectivity index (χ0v) is 17.3. The van der Waals surface area contributed by atoms with Crippen molar-refractivity contribution in [3.8, 4) is 23.1 Å². The molecule has 8 heteroatoms. The van der Waals surface area contributed by atoms with Crippen LogP contribution in [0.15, 0.2) is 73.4 Å². The van der Waals surface area contributed by atoms with Gasteiger partial charge in [-0.25, -0.2) is 4.98 Å². The molecular formula is C24H22N4O4. The number of hydrogen-bond donors (Lipinski definition) is 1. The van der Waals surface area contributed by atoms with Crippen LogP contribution in [0.2, 0.25) is 0 Å². The fourth-order valence-corrected chi connectivity index (χ4v) is 3.43. The SMILES string of the molecule is C=CC(=O)N1CCC(c2ncc(C(N)=O)c(Oc3ccc(Oc4ccccc4)cc3)n2)C1. The maximum Gasteiger partial charge on any atom is 0.255 e. The minimum absolute atomic E-state index is 0.0650. The van der Waals surface area contributed by atoms with Crippen molar-refractivity contribution >= 4 is 11.8 Å². The number of amides is 2. The van der Waals surface area contributed by atoms with E-state index >= 15 is 0 Å². The third kappa shape index (κ3) is 4.75. The highest BCUT2D eigenvalue weighted by Crippen LogP contribution is 2.30. The molecule has 0 saturated carbocycles. The van der Waals surface area contributed by atoms with Gasteiger partial charge in [0.25, 0.3) is 5.91 Å². The molecule has 2 aromatic carbocycles. The number of aromatic nitrogens is 2. The molecule has 1 atom stereocenters. The van der Waals surface area contributed by atoms with Crippen LogP contribution in [0.5, 0.6) is 23.1 Å². The second-order valence-corrected chi connectivity index (χ2v) is 7.27. The molecule has 8 nitrogen and oxygen atoms in total. The van der Waals surface area contributed by atoms with Crippen molar-refractivity contribution in [2.75, 3.05) is 13.1 Å². The van der Waals surface area contributed by atoms with E-state index in [1.54, 1.807) is 29.2 Å². The molecule has 0 bridgehead atoms. The van der Waals surface area contributed by atoms with Gasteiger partial charge >= 0.3 is 0 Å². The van der Waals surface area contributed by atoms with Crippen molar-refractivity contribution < 1.29 is 19.1 Å². The summed E-state index contributed by atoms with van der Waals surface area (Å²) in [4.78, 5) is 34.1. The van der Waals surface area contributed by atoms with Gasteiger partial charge in [0.2, 0.25) is 11.8 Å². The van der Waals surface area contributed by atoms with Crippen LogP contribution in [0.1, 0.15) is 28.5 Å². The molecule has 1 saturated heterocycles. The fourth-order valence-electron chi connectivity index (χ4n) is 3.43. The summed E-state index contributed by atoms with van der Waals surface area (Å²) < 4.78 is 11.6. The van der Waals surface area contributed by atoms with Crippen LogP contribution in [-0.2, 0) is 4.79 Å². The number of benzene rings is 2. The Kier molecular flexibility index (Phi) is 6.12. The predicted molar refractivity (Wildman–Crippen MR) is 118 cm³/mol. The largest absolute Gasteiger partial charge is 0.457 e.